The number of amides is 1. The molecule has 0 aliphatic heterocycles. The average molecular weight is 450 g/mol. The van der Waals surface area contributed by atoms with Gasteiger partial charge in [0.25, 0.3) is 0 Å². The van der Waals surface area contributed by atoms with Gasteiger partial charge in [0.15, 0.2) is 16.1 Å². The number of halogens is 1. The number of nitrogens with zero attached hydrogens (tertiary/aromatic N) is 5. The molecule has 1 saturated carbocycles. The molecule has 2 heterocycles. The maximum Gasteiger partial charge on any atom is 0.225 e. The van der Waals surface area contributed by atoms with Crippen molar-refractivity contribution in [1.82, 2.24) is 19.7 Å². The number of hydrogen-bond donors (Lipinski definition) is 0. The molecule has 3 aromatic rings. The number of aromatic nitrogens is 4. The van der Waals surface area contributed by atoms with Gasteiger partial charge in [0.2, 0.25) is 5.91 Å². The predicted molar refractivity (Wildman–Crippen MR) is 115 cm³/mol. The number of thiazole rings is 1. The smallest absolute Gasteiger partial charge is 0.225 e. The van der Waals surface area contributed by atoms with Crippen LogP contribution in [-0.4, -0.2) is 32.7 Å². The second kappa shape index (κ2) is 8.73. The quantitative estimate of drug-likeness (QED) is 0.469. The molecule has 0 atom stereocenters. The van der Waals surface area contributed by atoms with Crippen LogP contribution in [0.3, 0.4) is 0 Å². The van der Waals surface area contributed by atoms with Gasteiger partial charge in [-0.05, 0) is 25.0 Å². The van der Waals surface area contributed by atoms with Gasteiger partial charge in [0, 0.05) is 31.1 Å². The van der Waals surface area contributed by atoms with E-state index in [-0.39, 0.29) is 5.91 Å². The number of anilines is 1. The highest BCUT2D eigenvalue weighted by Gasteiger charge is 2.30. The molecule has 0 bridgehead atoms. The molecular formula is C19H20ClN5O2S2. The number of thioether (sulfide) groups is 1. The molecule has 1 aliphatic rings. The molecule has 0 saturated heterocycles. The normalized spacial score (nSPS) is 13.5. The number of rotatable bonds is 8. The lowest BCUT2D eigenvalue weighted by Gasteiger charge is -2.10. The van der Waals surface area contributed by atoms with E-state index in [0.717, 1.165) is 29.5 Å². The highest BCUT2D eigenvalue weighted by atomic mass is 35.5. The summed E-state index contributed by atoms with van der Waals surface area (Å²) < 4.78 is 8.02. The van der Waals surface area contributed by atoms with Crippen LogP contribution in [0.25, 0.3) is 0 Å². The van der Waals surface area contributed by atoms with Crippen LogP contribution < -0.4 is 9.64 Å². The van der Waals surface area contributed by atoms with Gasteiger partial charge in [-0.25, -0.2) is 4.98 Å². The van der Waals surface area contributed by atoms with Crippen molar-refractivity contribution in [1.29, 1.82) is 0 Å². The standard InChI is InChI=1S/C19H20ClN5O2S2/c1-12(26)24(2)18-21-13(10-28-18)11-29-19-23-22-17(25(19)14-7-8-14)9-27-16-6-4-3-5-15(16)20/h3-6,10,14H,7-9,11H2,1-2H3. The Balaban J connectivity index is 1.43. The summed E-state index contributed by atoms with van der Waals surface area (Å²) in [6, 6.07) is 7.82. The molecule has 2 aromatic heterocycles. The maximum atomic E-state index is 11.5. The molecule has 152 valence electrons. The van der Waals surface area contributed by atoms with E-state index in [1.165, 1.54) is 18.3 Å². The van der Waals surface area contributed by atoms with Gasteiger partial charge in [-0.3, -0.25) is 14.3 Å². The molecule has 0 N–H and O–H groups in total. The Hall–Kier alpha value is -2.10. The third-order valence-corrected chi connectivity index (χ3v) is 6.74. The van der Waals surface area contributed by atoms with E-state index in [2.05, 4.69) is 19.7 Å². The zero-order valence-corrected chi connectivity index (χ0v) is 18.4. The van der Waals surface area contributed by atoms with Crippen LogP contribution in [0.5, 0.6) is 5.75 Å². The zero-order chi connectivity index (χ0) is 20.4. The van der Waals surface area contributed by atoms with Gasteiger partial charge in [-0.15, -0.1) is 21.5 Å². The van der Waals surface area contributed by atoms with Crippen molar-refractivity contribution in [2.24, 2.45) is 0 Å². The lowest BCUT2D eigenvalue weighted by Crippen LogP contribution is -2.22. The summed E-state index contributed by atoms with van der Waals surface area (Å²) >= 11 is 9.23. The van der Waals surface area contributed by atoms with Crippen LogP contribution in [0.2, 0.25) is 5.02 Å². The fourth-order valence-corrected chi connectivity index (χ4v) is 4.74. The van der Waals surface area contributed by atoms with Crippen LogP contribution in [0.1, 0.15) is 37.3 Å². The minimum atomic E-state index is -0.0322. The monoisotopic (exact) mass is 449 g/mol. The van der Waals surface area contributed by atoms with Crippen LogP contribution in [0, 0.1) is 0 Å². The number of ether oxygens (including phenoxy) is 1. The Morgan fingerprint density at radius 2 is 2.17 bits per heavy atom. The summed E-state index contributed by atoms with van der Waals surface area (Å²) in [5, 5.41) is 12.8. The number of carbonyl (C=O) groups is 1. The van der Waals surface area contributed by atoms with Crippen LogP contribution in [0.15, 0.2) is 34.8 Å². The largest absolute Gasteiger partial charge is 0.484 e. The molecule has 1 amide bonds. The molecular weight excluding hydrogens is 430 g/mol. The summed E-state index contributed by atoms with van der Waals surface area (Å²) in [4.78, 5) is 17.6. The van der Waals surface area contributed by atoms with Crippen LogP contribution >= 0.6 is 34.7 Å². The van der Waals surface area contributed by atoms with Gasteiger partial charge in [-0.2, -0.15) is 0 Å². The van der Waals surface area contributed by atoms with E-state index in [4.69, 9.17) is 16.3 Å². The molecule has 1 fully saturated rings. The van der Waals surface area contributed by atoms with Gasteiger partial charge in [-0.1, -0.05) is 35.5 Å². The summed E-state index contributed by atoms with van der Waals surface area (Å²) in [7, 11) is 1.73. The van der Waals surface area contributed by atoms with Crippen LogP contribution in [0.4, 0.5) is 5.13 Å². The molecule has 0 unspecified atom stereocenters. The Labute approximate surface area is 182 Å². The minimum Gasteiger partial charge on any atom is -0.484 e. The highest BCUT2D eigenvalue weighted by Crippen LogP contribution is 2.39. The third kappa shape index (κ3) is 4.73. The topological polar surface area (TPSA) is 73.1 Å². The fraction of sp³-hybridized carbons (Fsp3) is 0.368. The molecule has 7 nitrogen and oxygen atoms in total. The van der Waals surface area contributed by atoms with Gasteiger partial charge in [0.1, 0.15) is 12.4 Å². The molecule has 29 heavy (non-hydrogen) atoms. The Bertz CT molecular complexity index is 1020. The van der Waals surface area contributed by atoms with E-state index < -0.39 is 0 Å². The van der Waals surface area contributed by atoms with E-state index in [1.807, 2.05) is 23.6 Å². The van der Waals surface area contributed by atoms with Crippen molar-refractivity contribution in [2.75, 3.05) is 11.9 Å². The first-order valence-electron chi connectivity index (χ1n) is 9.15. The first-order chi connectivity index (χ1) is 14.0. The summed E-state index contributed by atoms with van der Waals surface area (Å²) in [5.41, 5.74) is 0.919. The lowest BCUT2D eigenvalue weighted by atomic mass is 10.3. The molecule has 1 aliphatic carbocycles. The van der Waals surface area contributed by atoms with E-state index in [0.29, 0.717) is 34.3 Å². The van der Waals surface area contributed by atoms with E-state index >= 15 is 0 Å². The van der Waals surface area contributed by atoms with Crippen molar-refractivity contribution in [3.05, 3.63) is 46.2 Å². The maximum absolute atomic E-state index is 11.5. The minimum absolute atomic E-state index is 0.0322. The Morgan fingerprint density at radius 3 is 2.90 bits per heavy atom. The number of para-hydroxylation sites is 1. The first kappa shape index (κ1) is 20.2. The third-order valence-electron chi connectivity index (χ3n) is 4.49. The predicted octanol–water partition coefficient (Wildman–Crippen LogP) is 4.58. The summed E-state index contributed by atoms with van der Waals surface area (Å²) in [5.74, 6) is 2.07. The fourth-order valence-electron chi connectivity index (χ4n) is 2.70. The summed E-state index contributed by atoms with van der Waals surface area (Å²) in [6.45, 7) is 1.85. The second-order valence-electron chi connectivity index (χ2n) is 6.71. The second-order valence-corrected chi connectivity index (χ2v) is 8.89. The highest BCUT2D eigenvalue weighted by molar-refractivity contribution is 7.98. The number of benzene rings is 1. The van der Waals surface area contributed by atoms with Crippen LogP contribution in [-0.2, 0) is 17.2 Å². The summed E-state index contributed by atoms with van der Waals surface area (Å²) in [6.07, 6.45) is 2.24. The first-order valence-corrected chi connectivity index (χ1v) is 11.4. The number of carbonyl (C=O) groups excluding carboxylic acids is 1. The Morgan fingerprint density at radius 1 is 1.38 bits per heavy atom. The number of hydrogen-bond acceptors (Lipinski definition) is 7. The molecule has 0 radical (unpaired) electrons. The van der Waals surface area contributed by atoms with Crippen molar-refractivity contribution in [2.45, 2.75) is 43.3 Å². The SMILES string of the molecule is CC(=O)N(C)c1nc(CSc2nnc(COc3ccccc3Cl)n2C2CC2)cs1. The molecule has 0 spiro atoms. The Kier molecular flexibility index (Phi) is 6.07. The van der Waals surface area contributed by atoms with Crippen molar-refractivity contribution in [3.63, 3.8) is 0 Å². The average Bonchev–Trinajstić information content (AvgIpc) is 3.29. The molecule has 4 rings (SSSR count). The van der Waals surface area contributed by atoms with E-state index in [1.54, 1.807) is 29.8 Å². The molecule has 1 aromatic carbocycles. The van der Waals surface area contributed by atoms with Gasteiger partial charge >= 0.3 is 0 Å². The van der Waals surface area contributed by atoms with Crippen molar-refractivity contribution < 1.29 is 9.53 Å². The van der Waals surface area contributed by atoms with Gasteiger partial charge in [0.05, 0.1) is 10.7 Å². The van der Waals surface area contributed by atoms with E-state index in [9.17, 15) is 4.79 Å². The van der Waals surface area contributed by atoms with Crippen molar-refractivity contribution >= 4 is 45.7 Å². The lowest BCUT2D eigenvalue weighted by molar-refractivity contribution is -0.116. The van der Waals surface area contributed by atoms with Gasteiger partial charge < -0.3 is 4.74 Å². The zero-order valence-electron chi connectivity index (χ0n) is 16.0. The molecule has 10 heteroatoms. The van der Waals surface area contributed by atoms with Crippen molar-refractivity contribution in [3.8, 4) is 5.75 Å².